The summed E-state index contributed by atoms with van der Waals surface area (Å²) in [4.78, 5) is 27.5. The van der Waals surface area contributed by atoms with Crippen molar-refractivity contribution in [2.75, 3.05) is 24.6 Å². The summed E-state index contributed by atoms with van der Waals surface area (Å²) in [6.07, 6.45) is 5.18. The van der Waals surface area contributed by atoms with E-state index in [2.05, 4.69) is 11.8 Å². The number of nitrogens with zero attached hydrogens (tertiary/aromatic N) is 2. The van der Waals surface area contributed by atoms with Crippen LogP contribution in [0.15, 0.2) is 17.1 Å². The van der Waals surface area contributed by atoms with Gasteiger partial charge in [-0.3, -0.25) is 4.79 Å². The first kappa shape index (κ1) is 20.4. The van der Waals surface area contributed by atoms with Crippen molar-refractivity contribution in [3.05, 3.63) is 39.4 Å². The standard InChI is InChI=1S/C22H29FN2O3/c1-5-9-15-19-16(12-18(23)20(15)24-10-7-8-11-24)21(26)17(22(27)28-6-2)13-25(19)14(3)4/h12-14H,5-11H2,1-4H3. The van der Waals surface area contributed by atoms with E-state index in [0.29, 0.717) is 12.1 Å². The molecule has 0 aliphatic carbocycles. The van der Waals surface area contributed by atoms with Gasteiger partial charge in [-0.05, 0) is 46.1 Å². The fourth-order valence-corrected chi connectivity index (χ4v) is 4.09. The Morgan fingerprint density at radius 1 is 1.25 bits per heavy atom. The zero-order valence-electron chi connectivity index (χ0n) is 17.2. The second-order valence-electron chi connectivity index (χ2n) is 7.62. The van der Waals surface area contributed by atoms with Gasteiger partial charge >= 0.3 is 5.97 Å². The summed E-state index contributed by atoms with van der Waals surface area (Å²) in [5, 5.41) is 0.253. The van der Waals surface area contributed by atoms with E-state index < -0.39 is 11.4 Å². The van der Waals surface area contributed by atoms with Crippen molar-refractivity contribution >= 4 is 22.6 Å². The van der Waals surface area contributed by atoms with Crippen molar-refractivity contribution in [1.29, 1.82) is 0 Å². The van der Waals surface area contributed by atoms with Crippen LogP contribution in [0.2, 0.25) is 0 Å². The Bertz CT molecular complexity index is 943. The minimum absolute atomic E-state index is 0.00349. The lowest BCUT2D eigenvalue weighted by molar-refractivity contribution is 0.0524. The number of fused-ring (bicyclic) bond motifs is 1. The number of anilines is 1. The number of hydrogen-bond acceptors (Lipinski definition) is 4. The molecule has 2 aromatic rings. The van der Waals surface area contributed by atoms with E-state index in [1.165, 1.54) is 6.07 Å². The molecule has 0 N–H and O–H groups in total. The molecule has 0 saturated carbocycles. The first-order valence-electron chi connectivity index (χ1n) is 10.2. The first-order chi connectivity index (χ1) is 13.4. The Labute approximate surface area is 165 Å². The maximum absolute atomic E-state index is 15.2. The first-order valence-corrected chi connectivity index (χ1v) is 10.2. The highest BCUT2D eigenvalue weighted by Crippen LogP contribution is 2.35. The number of carbonyl (C=O) groups excluding carboxylic acids is 1. The van der Waals surface area contributed by atoms with Gasteiger partial charge in [0.2, 0.25) is 5.43 Å². The molecule has 28 heavy (non-hydrogen) atoms. The summed E-state index contributed by atoms with van der Waals surface area (Å²) in [7, 11) is 0. The molecule has 0 atom stereocenters. The molecule has 1 fully saturated rings. The van der Waals surface area contributed by atoms with Crippen LogP contribution in [0, 0.1) is 5.82 Å². The molecule has 5 nitrogen and oxygen atoms in total. The van der Waals surface area contributed by atoms with Crippen molar-refractivity contribution in [3.8, 4) is 0 Å². The Hall–Kier alpha value is -2.37. The number of benzene rings is 1. The second kappa shape index (κ2) is 8.33. The van der Waals surface area contributed by atoms with Gasteiger partial charge < -0.3 is 14.2 Å². The third-order valence-corrected chi connectivity index (χ3v) is 5.31. The highest BCUT2D eigenvalue weighted by Gasteiger charge is 2.26. The topological polar surface area (TPSA) is 51.5 Å². The minimum Gasteiger partial charge on any atom is -0.462 e. The fourth-order valence-electron chi connectivity index (χ4n) is 4.09. The molecule has 3 rings (SSSR count). The molecule has 152 valence electrons. The minimum atomic E-state index is -0.662. The van der Waals surface area contributed by atoms with Gasteiger partial charge in [0.05, 0.1) is 17.8 Å². The molecule has 1 aliphatic heterocycles. The number of halogens is 1. The number of aromatic nitrogens is 1. The monoisotopic (exact) mass is 388 g/mol. The van der Waals surface area contributed by atoms with Crippen LogP contribution in [-0.4, -0.2) is 30.2 Å². The highest BCUT2D eigenvalue weighted by molar-refractivity contribution is 5.96. The Balaban J connectivity index is 2.39. The molecule has 2 heterocycles. The summed E-state index contributed by atoms with van der Waals surface area (Å²) < 4.78 is 22.2. The SMILES string of the molecule is CCCc1c(N2CCCC2)c(F)cc2c(=O)c(C(=O)OCC)cn(C(C)C)c12. The third kappa shape index (κ3) is 3.52. The smallest absolute Gasteiger partial charge is 0.343 e. The van der Waals surface area contributed by atoms with Crippen LogP contribution in [0.1, 0.15) is 68.9 Å². The summed E-state index contributed by atoms with van der Waals surface area (Å²) in [6.45, 7) is 9.57. The number of rotatable bonds is 6. The van der Waals surface area contributed by atoms with Gasteiger partial charge in [0, 0.05) is 36.3 Å². The summed E-state index contributed by atoms with van der Waals surface area (Å²) in [5.74, 6) is -1.05. The number of ether oxygens (including phenoxy) is 1. The van der Waals surface area contributed by atoms with Crippen LogP contribution in [0.3, 0.4) is 0 Å². The van der Waals surface area contributed by atoms with Crippen LogP contribution in [0.5, 0.6) is 0 Å². The lowest BCUT2D eigenvalue weighted by Gasteiger charge is -2.26. The summed E-state index contributed by atoms with van der Waals surface area (Å²) in [5.41, 5.74) is 1.71. The lowest BCUT2D eigenvalue weighted by Crippen LogP contribution is -2.25. The van der Waals surface area contributed by atoms with Crippen molar-refractivity contribution in [2.24, 2.45) is 0 Å². The van der Waals surface area contributed by atoms with Crippen LogP contribution >= 0.6 is 0 Å². The summed E-state index contributed by atoms with van der Waals surface area (Å²) in [6, 6.07) is 1.32. The van der Waals surface area contributed by atoms with Crippen molar-refractivity contribution in [2.45, 2.75) is 59.4 Å². The van der Waals surface area contributed by atoms with Gasteiger partial charge in [-0.2, -0.15) is 0 Å². The van der Waals surface area contributed by atoms with E-state index >= 15 is 4.39 Å². The zero-order chi connectivity index (χ0) is 20.4. The number of hydrogen-bond donors (Lipinski definition) is 0. The Kier molecular flexibility index (Phi) is 6.06. The second-order valence-corrected chi connectivity index (χ2v) is 7.62. The maximum atomic E-state index is 15.2. The van der Waals surface area contributed by atoms with E-state index in [-0.39, 0.29) is 29.4 Å². The Morgan fingerprint density at radius 2 is 1.93 bits per heavy atom. The fraction of sp³-hybridized carbons (Fsp3) is 0.545. The van der Waals surface area contributed by atoms with Crippen LogP contribution in [0.4, 0.5) is 10.1 Å². The number of carbonyl (C=O) groups is 1. The molecule has 0 bridgehead atoms. The van der Waals surface area contributed by atoms with E-state index in [4.69, 9.17) is 4.74 Å². The molecule has 0 unspecified atom stereocenters. The molecule has 1 aromatic heterocycles. The quantitative estimate of drug-likeness (QED) is 0.686. The molecule has 1 saturated heterocycles. The molecule has 1 aliphatic rings. The number of esters is 1. The average molecular weight is 388 g/mol. The van der Waals surface area contributed by atoms with Crippen molar-refractivity contribution in [3.63, 3.8) is 0 Å². The molecule has 1 aromatic carbocycles. The van der Waals surface area contributed by atoms with E-state index in [0.717, 1.165) is 43.4 Å². The van der Waals surface area contributed by atoms with E-state index in [1.54, 1.807) is 13.1 Å². The van der Waals surface area contributed by atoms with Gasteiger partial charge in [-0.15, -0.1) is 0 Å². The maximum Gasteiger partial charge on any atom is 0.343 e. The Morgan fingerprint density at radius 3 is 2.50 bits per heavy atom. The van der Waals surface area contributed by atoms with Crippen LogP contribution in [-0.2, 0) is 11.2 Å². The van der Waals surface area contributed by atoms with Gasteiger partial charge in [-0.1, -0.05) is 13.3 Å². The zero-order valence-corrected chi connectivity index (χ0v) is 17.2. The molecule has 0 radical (unpaired) electrons. The van der Waals surface area contributed by atoms with E-state index in [9.17, 15) is 9.59 Å². The normalized spacial score (nSPS) is 14.3. The van der Waals surface area contributed by atoms with E-state index in [1.807, 2.05) is 18.4 Å². The molecular formula is C22H29FN2O3. The molecule has 6 heteroatoms. The highest BCUT2D eigenvalue weighted by atomic mass is 19.1. The third-order valence-electron chi connectivity index (χ3n) is 5.31. The average Bonchev–Trinajstić information content (AvgIpc) is 3.16. The molecular weight excluding hydrogens is 359 g/mol. The van der Waals surface area contributed by atoms with Gasteiger partial charge in [0.25, 0.3) is 0 Å². The van der Waals surface area contributed by atoms with Crippen molar-refractivity contribution in [1.82, 2.24) is 4.57 Å². The molecule has 0 amide bonds. The van der Waals surface area contributed by atoms with Gasteiger partial charge in [0.1, 0.15) is 11.4 Å². The van der Waals surface area contributed by atoms with Crippen LogP contribution < -0.4 is 10.3 Å². The van der Waals surface area contributed by atoms with Gasteiger partial charge in [-0.25, -0.2) is 9.18 Å². The van der Waals surface area contributed by atoms with Crippen molar-refractivity contribution < 1.29 is 13.9 Å². The lowest BCUT2D eigenvalue weighted by atomic mass is 9.99. The van der Waals surface area contributed by atoms with Crippen LogP contribution in [0.25, 0.3) is 10.9 Å². The largest absolute Gasteiger partial charge is 0.462 e. The summed E-state index contributed by atoms with van der Waals surface area (Å²) >= 11 is 0. The predicted molar refractivity (Wildman–Crippen MR) is 110 cm³/mol. The van der Waals surface area contributed by atoms with Gasteiger partial charge in [0.15, 0.2) is 0 Å². The number of pyridine rings is 1. The molecule has 0 spiro atoms. The number of aryl methyl sites for hydroxylation is 1. The predicted octanol–water partition coefficient (Wildman–Crippen LogP) is 4.45.